The number of rotatable bonds is 6. The highest BCUT2D eigenvalue weighted by atomic mass is 32.2. The number of sulfonamides is 1. The van der Waals surface area contributed by atoms with Gasteiger partial charge in [0.1, 0.15) is 5.03 Å². The molecule has 0 spiro atoms. The fourth-order valence-electron chi connectivity index (χ4n) is 4.40. The molecule has 174 valence electrons. The number of likely N-dealkylation sites (tertiary alicyclic amines) is 1. The van der Waals surface area contributed by atoms with E-state index in [1.165, 1.54) is 11.8 Å². The zero-order valence-electron chi connectivity index (χ0n) is 19.8. The largest absolute Gasteiger partial charge is 0.339 e. The van der Waals surface area contributed by atoms with Crippen molar-refractivity contribution in [1.29, 1.82) is 0 Å². The normalized spacial score (nSPS) is 15.2. The number of aromatic nitrogens is 1. The molecule has 0 aliphatic carbocycles. The van der Waals surface area contributed by atoms with Crippen LogP contribution in [0.5, 0.6) is 0 Å². The van der Waals surface area contributed by atoms with Crippen molar-refractivity contribution in [3.05, 3.63) is 51.7 Å². The van der Waals surface area contributed by atoms with Gasteiger partial charge in [-0.1, -0.05) is 0 Å². The first kappa shape index (κ1) is 24.7. The van der Waals surface area contributed by atoms with Gasteiger partial charge in [-0.05, 0) is 99.6 Å². The summed E-state index contributed by atoms with van der Waals surface area (Å²) in [5, 5.41) is 0.738. The van der Waals surface area contributed by atoms with E-state index in [0.717, 1.165) is 45.7 Å². The van der Waals surface area contributed by atoms with Crippen molar-refractivity contribution in [3.8, 4) is 0 Å². The summed E-state index contributed by atoms with van der Waals surface area (Å²) in [7, 11) is -3.61. The molecule has 1 amide bonds. The van der Waals surface area contributed by atoms with E-state index in [9.17, 15) is 13.2 Å². The standard InChI is InChI=1S/C24H33N3O3S2/c1-15-16(2)18(4)22(19(5)17(15)3)32(29,30)26-14-20-9-12-27(13-10-20)24(28)21-8-7-11-25-23(21)31-6/h7-8,11,20,26H,9-10,12-14H2,1-6H3. The van der Waals surface area contributed by atoms with Gasteiger partial charge in [-0.3, -0.25) is 4.79 Å². The highest BCUT2D eigenvalue weighted by molar-refractivity contribution is 7.98. The molecule has 1 aliphatic rings. The van der Waals surface area contributed by atoms with Crippen LogP contribution in [0.1, 0.15) is 51.0 Å². The van der Waals surface area contributed by atoms with Crippen molar-refractivity contribution in [2.45, 2.75) is 57.4 Å². The van der Waals surface area contributed by atoms with Gasteiger partial charge in [0.25, 0.3) is 5.91 Å². The molecule has 2 heterocycles. The number of thioether (sulfide) groups is 1. The number of piperidine rings is 1. The van der Waals surface area contributed by atoms with E-state index in [0.29, 0.717) is 30.1 Å². The summed E-state index contributed by atoms with van der Waals surface area (Å²) < 4.78 is 29.2. The van der Waals surface area contributed by atoms with Gasteiger partial charge in [0, 0.05) is 25.8 Å². The Morgan fingerprint density at radius 3 is 2.19 bits per heavy atom. The van der Waals surface area contributed by atoms with Crippen LogP contribution in [0.4, 0.5) is 0 Å². The van der Waals surface area contributed by atoms with Gasteiger partial charge < -0.3 is 4.90 Å². The number of hydrogen-bond donors (Lipinski definition) is 1. The SMILES string of the molecule is CSc1ncccc1C(=O)N1CCC(CNS(=O)(=O)c2c(C)c(C)c(C)c(C)c2C)CC1. The van der Waals surface area contributed by atoms with Crippen LogP contribution in [-0.2, 0) is 10.0 Å². The van der Waals surface area contributed by atoms with Crippen molar-refractivity contribution in [2.75, 3.05) is 25.9 Å². The van der Waals surface area contributed by atoms with E-state index in [1.54, 1.807) is 12.3 Å². The van der Waals surface area contributed by atoms with Crippen LogP contribution in [0.25, 0.3) is 0 Å². The summed E-state index contributed by atoms with van der Waals surface area (Å²) in [6, 6.07) is 3.60. The Balaban J connectivity index is 1.65. The molecule has 1 fully saturated rings. The minimum absolute atomic E-state index is 0.00154. The van der Waals surface area contributed by atoms with Crippen LogP contribution in [-0.4, -0.2) is 50.1 Å². The first-order chi connectivity index (χ1) is 15.1. The summed E-state index contributed by atoms with van der Waals surface area (Å²) >= 11 is 1.47. The second-order valence-electron chi connectivity index (χ2n) is 8.60. The van der Waals surface area contributed by atoms with Crippen LogP contribution >= 0.6 is 11.8 Å². The molecule has 1 aromatic heterocycles. The number of carbonyl (C=O) groups is 1. The second-order valence-corrected chi connectivity index (χ2v) is 11.1. The lowest BCUT2D eigenvalue weighted by Crippen LogP contribution is -2.41. The second kappa shape index (κ2) is 9.93. The molecule has 8 heteroatoms. The Morgan fingerprint density at radius 1 is 1.06 bits per heavy atom. The predicted octanol–water partition coefficient (Wildman–Crippen LogP) is 4.18. The molecule has 0 saturated carbocycles. The molecule has 32 heavy (non-hydrogen) atoms. The molecule has 0 bridgehead atoms. The summed E-state index contributed by atoms with van der Waals surface area (Å²) in [4.78, 5) is 19.5. The molecular weight excluding hydrogens is 442 g/mol. The maximum atomic E-state index is 13.2. The lowest BCUT2D eigenvalue weighted by molar-refractivity contribution is 0.0687. The monoisotopic (exact) mass is 475 g/mol. The number of hydrogen-bond acceptors (Lipinski definition) is 5. The first-order valence-corrected chi connectivity index (χ1v) is 13.6. The summed E-state index contributed by atoms with van der Waals surface area (Å²) in [6.07, 6.45) is 5.15. The smallest absolute Gasteiger partial charge is 0.256 e. The van der Waals surface area contributed by atoms with E-state index in [-0.39, 0.29) is 11.8 Å². The Bertz CT molecular complexity index is 1090. The summed E-state index contributed by atoms with van der Waals surface area (Å²) in [5.41, 5.74) is 5.48. The molecule has 1 saturated heterocycles. The van der Waals surface area contributed by atoms with Gasteiger partial charge in [0.2, 0.25) is 10.0 Å². The molecule has 0 radical (unpaired) electrons. The average molecular weight is 476 g/mol. The van der Waals surface area contributed by atoms with Crippen molar-refractivity contribution in [1.82, 2.24) is 14.6 Å². The van der Waals surface area contributed by atoms with Gasteiger partial charge in [-0.25, -0.2) is 18.1 Å². The molecule has 1 N–H and O–H groups in total. The third-order valence-electron chi connectivity index (χ3n) is 6.86. The van der Waals surface area contributed by atoms with Crippen molar-refractivity contribution >= 4 is 27.7 Å². The van der Waals surface area contributed by atoms with Gasteiger partial charge in [0.05, 0.1) is 10.5 Å². The first-order valence-electron chi connectivity index (χ1n) is 10.9. The average Bonchev–Trinajstić information content (AvgIpc) is 2.80. The quantitative estimate of drug-likeness (QED) is 0.634. The van der Waals surface area contributed by atoms with E-state index in [1.807, 2.05) is 51.8 Å². The molecule has 6 nitrogen and oxygen atoms in total. The van der Waals surface area contributed by atoms with Crippen molar-refractivity contribution in [3.63, 3.8) is 0 Å². The number of benzene rings is 1. The van der Waals surface area contributed by atoms with Crippen LogP contribution in [0.3, 0.4) is 0 Å². The van der Waals surface area contributed by atoms with E-state index < -0.39 is 10.0 Å². The highest BCUT2D eigenvalue weighted by Gasteiger charge is 2.28. The zero-order valence-corrected chi connectivity index (χ0v) is 21.4. The molecule has 1 aliphatic heterocycles. The Hall–Kier alpha value is -1.90. The molecule has 1 aromatic carbocycles. The van der Waals surface area contributed by atoms with Crippen LogP contribution in [0, 0.1) is 40.5 Å². The van der Waals surface area contributed by atoms with Crippen LogP contribution in [0.15, 0.2) is 28.3 Å². The zero-order chi connectivity index (χ0) is 23.6. The highest BCUT2D eigenvalue weighted by Crippen LogP contribution is 2.30. The minimum Gasteiger partial charge on any atom is -0.339 e. The topological polar surface area (TPSA) is 79.4 Å². The third kappa shape index (κ3) is 4.87. The van der Waals surface area contributed by atoms with Crippen molar-refractivity contribution < 1.29 is 13.2 Å². The van der Waals surface area contributed by atoms with E-state index in [2.05, 4.69) is 9.71 Å². The summed E-state index contributed by atoms with van der Waals surface area (Å²) in [5.74, 6) is 0.203. The van der Waals surface area contributed by atoms with Gasteiger partial charge in [0.15, 0.2) is 0 Å². The van der Waals surface area contributed by atoms with Gasteiger partial charge >= 0.3 is 0 Å². The fraction of sp³-hybridized carbons (Fsp3) is 0.500. The molecule has 3 rings (SSSR count). The lowest BCUT2D eigenvalue weighted by Gasteiger charge is -2.32. The number of nitrogens with one attached hydrogen (secondary N) is 1. The number of carbonyl (C=O) groups excluding carboxylic acids is 1. The molecule has 2 aromatic rings. The molecule has 0 unspecified atom stereocenters. The number of nitrogens with zero attached hydrogens (tertiary/aromatic N) is 2. The fourth-order valence-corrected chi connectivity index (χ4v) is 6.65. The van der Waals surface area contributed by atoms with E-state index >= 15 is 0 Å². The minimum atomic E-state index is -3.61. The Kier molecular flexibility index (Phi) is 7.68. The maximum absolute atomic E-state index is 13.2. The van der Waals surface area contributed by atoms with E-state index in [4.69, 9.17) is 0 Å². The predicted molar refractivity (Wildman–Crippen MR) is 130 cm³/mol. The van der Waals surface area contributed by atoms with Gasteiger partial charge in [-0.2, -0.15) is 0 Å². The van der Waals surface area contributed by atoms with Crippen molar-refractivity contribution in [2.24, 2.45) is 5.92 Å². The van der Waals surface area contributed by atoms with Crippen LogP contribution < -0.4 is 4.72 Å². The third-order valence-corrected chi connectivity index (χ3v) is 9.27. The van der Waals surface area contributed by atoms with Gasteiger partial charge in [-0.15, -0.1) is 11.8 Å². The summed E-state index contributed by atoms with van der Waals surface area (Å²) in [6.45, 7) is 11.4. The Labute approximate surface area is 196 Å². The Morgan fingerprint density at radius 2 is 1.62 bits per heavy atom. The lowest BCUT2D eigenvalue weighted by atomic mass is 9.95. The number of pyridine rings is 1. The molecular formula is C24H33N3O3S2. The molecule has 0 atom stereocenters. The van der Waals surface area contributed by atoms with Crippen LogP contribution in [0.2, 0.25) is 0 Å². The maximum Gasteiger partial charge on any atom is 0.256 e. The number of amides is 1.